The summed E-state index contributed by atoms with van der Waals surface area (Å²) in [5.74, 6) is 1.94. The summed E-state index contributed by atoms with van der Waals surface area (Å²) in [5.41, 5.74) is 0. The molecule has 0 spiro atoms. The number of ether oxygens (including phenoxy) is 2. The number of anilines is 1. The van der Waals surface area contributed by atoms with E-state index in [1.165, 1.54) is 0 Å². The van der Waals surface area contributed by atoms with E-state index in [4.69, 9.17) is 9.47 Å². The standard InChI is InChI=1S/C15H19N3O3/c1-3-20-12-4-6-13(7-5-12)21-11-9-15(19)16-14-8-10-18(2)17-14/h4-8,10H,3,9,11H2,1-2H3,(H,16,17,19). The molecule has 6 nitrogen and oxygen atoms in total. The monoisotopic (exact) mass is 289 g/mol. The van der Waals surface area contributed by atoms with E-state index in [1.54, 1.807) is 24.0 Å². The van der Waals surface area contributed by atoms with Crippen LogP contribution >= 0.6 is 0 Å². The lowest BCUT2D eigenvalue weighted by atomic mass is 10.3. The van der Waals surface area contributed by atoms with Crippen molar-refractivity contribution in [2.75, 3.05) is 18.5 Å². The van der Waals surface area contributed by atoms with Crippen molar-refractivity contribution in [1.29, 1.82) is 0 Å². The van der Waals surface area contributed by atoms with E-state index in [0.717, 1.165) is 5.75 Å². The normalized spacial score (nSPS) is 10.2. The average Bonchev–Trinajstić information content (AvgIpc) is 2.86. The zero-order valence-corrected chi connectivity index (χ0v) is 12.2. The highest BCUT2D eigenvalue weighted by molar-refractivity contribution is 5.89. The minimum absolute atomic E-state index is 0.125. The first-order valence-electron chi connectivity index (χ1n) is 6.82. The number of benzene rings is 1. The van der Waals surface area contributed by atoms with E-state index in [0.29, 0.717) is 24.8 Å². The Kier molecular flexibility index (Phi) is 5.20. The number of aromatic nitrogens is 2. The smallest absolute Gasteiger partial charge is 0.229 e. The molecule has 6 heteroatoms. The second kappa shape index (κ2) is 7.33. The SMILES string of the molecule is CCOc1ccc(OCCC(=O)Nc2ccn(C)n2)cc1. The number of rotatable bonds is 7. The van der Waals surface area contributed by atoms with Gasteiger partial charge in [0.05, 0.1) is 19.6 Å². The fourth-order valence-corrected chi connectivity index (χ4v) is 1.75. The molecular formula is C15H19N3O3. The number of aryl methyl sites for hydroxylation is 1. The second-order valence-electron chi connectivity index (χ2n) is 4.43. The van der Waals surface area contributed by atoms with Crippen LogP contribution in [0.4, 0.5) is 5.82 Å². The summed E-state index contributed by atoms with van der Waals surface area (Å²) in [7, 11) is 1.80. The van der Waals surface area contributed by atoms with Crippen LogP contribution in [-0.2, 0) is 11.8 Å². The number of hydrogen-bond donors (Lipinski definition) is 1. The molecule has 112 valence electrons. The zero-order chi connectivity index (χ0) is 15.1. The van der Waals surface area contributed by atoms with Crippen molar-refractivity contribution >= 4 is 11.7 Å². The maximum Gasteiger partial charge on any atom is 0.229 e. The van der Waals surface area contributed by atoms with Crippen LogP contribution in [0.5, 0.6) is 11.5 Å². The molecule has 0 aliphatic rings. The Bertz CT molecular complexity index is 578. The molecule has 0 radical (unpaired) electrons. The van der Waals surface area contributed by atoms with E-state index in [-0.39, 0.29) is 12.3 Å². The molecule has 1 heterocycles. The molecule has 0 aliphatic heterocycles. The Morgan fingerprint density at radius 3 is 2.43 bits per heavy atom. The summed E-state index contributed by atoms with van der Waals surface area (Å²) < 4.78 is 12.5. The Balaban J connectivity index is 1.72. The maximum atomic E-state index is 11.7. The molecule has 1 amide bonds. The van der Waals surface area contributed by atoms with Gasteiger partial charge in [-0.05, 0) is 31.2 Å². The minimum atomic E-state index is -0.125. The van der Waals surface area contributed by atoms with Crippen molar-refractivity contribution < 1.29 is 14.3 Å². The predicted molar refractivity (Wildman–Crippen MR) is 79.6 cm³/mol. The van der Waals surface area contributed by atoms with Crippen LogP contribution in [0.1, 0.15) is 13.3 Å². The van der Waals surface area contributed by atoms with Crippen LogP contribution in [0.25, 0.3) is 0 Å². The third-order valence-electron chi connectivity index (χ3n) is 2.71. The van der Waals surface area contributed by atoms with Crippen LogP contribution in [0.15, 0.2) is 36.5 Å². The quantitative estimate of drug-likeness (QED) is 0.849. The van der Waals surface area contributed by atoms with Gasteiger partial charge in [-0.2, -0.15) is 5.10 Å². The molecule has 0 fully saturated rings. The van der Waals surface area contributed by atoms with Gasteiger partial charge in [-0.1, -0.05) is 0 Å². The highest BCUT2D eigenvalue weighted by atomic mass is 16.5. The van der Waals surface area contributed by atoms with Crippen molar-refractivity contribution in [2.24, 2.45) is 7.05 Å². The van der Waals surface area contributed by atoms with Crippen LogP contribution in [0.3, 0.4) is 0 Å². The highest BCUT2D eigenvalue weighted by Gasteiger charge is 2.05. The summed E-state index contributed by atoms with van der Waals surface area (Å²) in [6, 6.07) is 9.06. The van der Waals surface area contributed by atoms with Gasteiger partial charge in [0, 0.05) is 19.3 Å². The molecule has 1 aromatic heterocycles. The fourth-order valence-electron chi connectivity index (χ4n) is 1.75. The summed E-state index contributed by atoms with van der Waals surface area (Å²) in [5, 5.41) is 6.78. The zero-order valence-electron chi connectivity index (χ0n) is 12.2. The van der Waals surface area contributed by atoms with Crippen LogP contribution in [0.2, 0.25) is 0 Å². The molecule has 1 N–H and O–H groups in total. The van der Waals surface area contributed by atoms with Crippen molar-refractivity contribution in [1.82, 2.24) is 9.78 Å². The number of nitrogens with one attached hydrogen (secondary N) is 1. The van der Waals surface area contributed by atoms with Crippen LogP contribution in [0, 0.1) is 0 Å². The van der Waals surface area contributed by atoms with Crippen molar-refractivity contribution in [3.05, 3.63) is 36.5 Å². The van der Waals surface area contributed by atoms with Gasteiger partial charge in [-0.15, -0.1) is 0 Å². The lowest BCUT2D eigenvalue weighted by Gasteiger charge is -2.07. The molecule has 0 unspecified atom stereocenters. The molecule has 0 atom stereocenters. The molecule has 21 heavy (non-hydrogen) atoms. The van der Waals surface area contributed by atoms with Gasteiger partial charge >= 0.3 is 0 Å². The van der Waals surface area contributed by atoms with E-state index in [1.807, 2.05) is 31.2 Å². The molecular weight excluding hydrogens is 270 g/mol. The number of carbonyl (C=O) groups is 1. The average molecular weight is 289 g/mol. The number of amides is 1. The van der Waals surface area contributed by atoms with Gasteiger partial charge < -0.3 is 14.8 Å². The number of hydrogen-bond acceptors (Lipinski definition) is 4. The largest absolute Gasteiger partial charge is 0.494 e. The van der Waals surface area contributed by atoms with Crippen molar-refractivity contribution in [3.8, 4) is 11.5 Å². The first-order valence-corrected chi connectivity index (χ1v) is 6.82. The van der Waals surface area contributed by atoms with Gasteiger partial charge in [0.1, 0.15) is 11.5 Å². The molecule has 0 aliphatic carbocycles. The summed E-state index contributed by atoms with van der Waals surface area (Å²) in [6.07, 6.45) is 2.04. The van der Waals surface area contributed by atoms with Crippen molar-refractivity contribution in [3.63, 3.8) is 0 Å². The van der Waals surface area contributed by atoms with Gasteiger partial charge in [0.2, 0.25) is 5.91 Å². The third kappa shape index (κ3) is 4.83. The van der Waals surface area contributed by atoms with Crippen LogP contribution in [-0.4, -0.2) is 28.9 Å². The summed E-state index contributed by atoms with van der Waals surface area (Å²) in [6.45, 7) is 2.88. The van der Waals surface area contributed by atoms with Gasteiger partial charge in [0.25, 0.3) is 0 Å². The van der Waals surface area contributed by atoms with E-state index >= 15 is 0 Å². The summed E-state index contributed by atoms with van der Waals surface area (Å²) >= 11 is 0. The Morgan fingerprint density at radius 2 is 1.86 bits per heavy atom. The Labute approximate surface area is 123 Å². The lowest BCUT2D eigenvalue weighted by Crippen LogP contribution is -2.15. The predicted octanol–water partition coefficient (Wildman–Crippen LogP) is 2.23. The first-order chi connectivity index (χ1) is 10.2. The lowest BCUT2D eigenvalue weighted by molar-refractivity contribution is -0.116. The van der Waals surface area contributed by atoms with Gasteiger partial charge in [-0.25, -0.2) is 0 Å². The highest BCUT2D eigenvalue weighted by Crippen LogP contribution is 2.17. The maximum absolute atomic E-state index is 11.7. The third-order valence-corrected chi connectivity index (χ3v) is 2.71. The molecule has 0 saturated carbocycles. The fraction of sp³-hybridized carbons (Fsp3) is 0.333. The molecule has 1 aromatic carbocycles. The van der Waals surface area contributed by atoms with E-state index in [9.17, 15) is 4.79 Å². The molecule has 2 aromatic rings. The molecule has 0 bridgehead atoms. The van der Waals surface area contributed by atoms with E-state index in [2.05, 4.69) is 10.4 Å². The minimum Gasteiger partial charge on any atom is -0.494 e. The molecule has 2 rings (SSSR count). The number of nitrogens with zero attached hydrogens (tertiary/aromatic N) is 2. The number of carbonyl (C=O) groups excluding carboxylic acids is 1. The Hall–Kier alpha value is -2.50. The van der Waals surface area contributed by atoms with Crippen LogP contribution < -0.4 is 14.8 Å². The van der Waals surface area contributed by atoms with Gasteiger partial charge in [-0.3, -0.25) is 9.48 Å². The summed E-state index contributed by atoms with van der Waals surface area (Å²) in [4.78, 5) is 11.7. The molecule has 0 saturated heterocycles. The Morgan fingerprint density at radius 1 is 1.19 bits per heavy atom. The first kappa shape index (κ1) is 14.9. The van der Waals surface area contributed by atoms with Crippen molar-refractivity contribution in [2.45, 2.75) is 13.3 Å². The second-order valence-corrected chi connectivity index (χ2v) is 4.43. The van der Waals surface area contributed by atoms with Gasteiger partial charge in [0.15, 0.2) is 5.82 Å². The van der Waals surface area contributed by atoms with E-state index < -0.39 is 0 Å². The topological polar surface area (TPSA) is 65.4 Å².